The van der Waals surface area contributed by atoms with Crippen LogP contribution < -0.4 is 15.4 Å². The molecule has 0 bridgehead atoms. The number of carbonyl (C=O) groups is 3. The number of hydrogen-bond acceptors (Lipinski definition) is 5. The monoisotopic (exact) mass is 486 g/mol. The fourth-order valence-corrected chi connectivity index (χ4v) is 4.37. The Morgan fingerprint density at radius 1 is 1.06 bits per heavy atom. The van der Waals surface area contributed by atoms with Crippen molar-refractivity contribution in [2.45, 2.75) is 37.9 Å². The van der Waals surface area contributed by atoms with Crippen LogP contribution in [0, 0.1) is 0 Å². The fraction of sp³-hybridized carbons (Fsp3) is 0.286. The van der Waals surface area contributed by atoms with Gasteiger partial charge >= 0.3 is 0 Å². The SMILES string of the molecule is COc1cccc(C(=O)N[C@@H](Cc2cccnc2)C(=O)N2CCC[C@H]2C(=O)NCc2ccccc2)c1. The molecule has 186 valence electrons. The Morgan fingerprint density at radius 2 is 1.86 bits per heavy atom. The summed E-state index contributed by atoms with van der Waals surface area (Å²) in [7, 11) is 1.53. The van der Waals surface area contributed by atoms with Crippen molar-refractivity contribution in [3.63, 3.8) is 0 Å². The molecule has 2 atom stereocenters. The molecule has 1 aromatic heterocycles. The van der Waals surface area contributed by atoms with E-state index in [1.54, 1.807) is 47.6 Å². The number of aromatic nitrogens is 1. The number of pyridine rings is 1. The number of hydrogen-bond donors (Lipinski definition) is 2. The maximum absolute atomic E-state index is 13.7. The summed E-state index contributed by atoms with van der Waals surface area (Å²) in [6.07, 6.45) is 4.89. The third-order valence-corrected chi connectivity index (χ3v) is 6.25. The first-order chi connectivity index (χ1) is 17.5. The van der Waals surface area contributed by atoms with E-state index < -0.39 is 12.1 Å². The van der Waals surface area contributed by atoms with E-state index in [9.17, 15) is 14.4 Å². The van der Waals surface area contributed by atoms with Crippen LogP contribution in [0.4, 0.5) is 0 Å². The molecule has 0 spiro atoms. The van der Waals surface area contributed by atoms with Crippen molar-refractivity contribution in [3.8, 4) is 5.75 Å². The Bertz CT molecular complexity index is 1190. The largest absolute Gasteiger partial charge is 0.497 e. The van der Waals surface area contributed by atoms with Gasteiger partial charge in [-0.25, -0.2) is 0 Å². The second kappa shape index (κ2) is 12.0. The number of carbonyl (C=O) groups excluding carboxylic acids is 3. The summed E-state index contributed by atoms with van der Waals surface area (Å²) in [6, 6.07) is 18.6. The number of rotatable bonds is 9. The van der Waals surface area contributed by atoms with Crippen LogP contribution in [0.15, 0.2) is 79.1 Å². The zero-order chi connectivity index (χ0) is 25.3. The quantitative estimate of drug-likeness (QED) is 0.485. The molecule has 2 heterocycles. The van der Waals surface area contributed by atoms with Crippen LogP contribution in [0.3, 0.4) is 0 Å². The molecule has 3 aromatic rings. The Morgan fingerprint density at radius 3 is 2.61 bits per heavy atom. The summed E-state index contributed by atoms with van der Waals surface area (Å²) >= 11 is 0. The summed E-state index contributed by atoms with van der Waals surface area (Å²) in [5.74, 6) is -0.315. The first-order valence-corrected chi connectivity index (χ1v) is 12.0. The second-order valence-electron chi connectivity index (χ2n) is 8.72. The highest BCUT2D eigenvalue weighted by atomic mass is 16.5. The van der Waals surface area contributed by atoms with E-state index in [4.69, 9.17) is 4.74 Å². The molecule has 0 radical (unpaired) electrons. The summed E-state index contributed by atoms with van der Waals surface area (Å²) in [5, 5.41) is 5.83. The van der Waals surface area contributed by atoms with Gasteiger partial charge in [0, 0.05) is 37.5 Å². The first kappa shape index (κ1) is 24.9. The predicted molar refractivity (Wildman–Crippen MR) is 135 cm³/mol. The minimum absolute atomic E-state index is 0.191. The smallest absolute Gasteiger partial charge is 0.252 e. The van der Waals surface area contributed by atoms with Crippen molar-refractivity contribution in [2.75, 3.05) is 13.7 Å². The standard InChI is InChI=1S/C28H30N4O4/c1-36-23-12-5-11-22(17-23)26(33)31-24(16-21-10-6-14-29-18-21)28(35)32-15-7-13-25(32)27(34)30-19-20-8-3-2-4-9-20/h2-6,8-12,14,17-18,24-25H,7,13,15-16,19H2,1H3,(H,30,34)(H,31,33)/t24-,25-/m0/s1. The Kier molecular flexibility index (Phi) is 8.28. The van der Waals surface area contributed by atoms with Crippen molar-refractivity contribution in [2.24, 2.45) is 0 Å². The Balaban J connectivity index is 1.50. The minimum Gasteiger partial charge on any atom is -0.497 e. The number of methoxy groups -OCH3 is 1. The van der Waals surface area contributed by atoms with Gasteiger partial charge in [-0.05, 0) is 48.2 Å². The first-order valence-electron chi connectivity index (χ1n) is 12.0. The van der Waals surface area contributed by atoms with Crippen LogP contribution >= 0.6 is 0 Å². The lowest BCUT2D eigenvalue weighted by molar-refractivity contribution is -0.139. The molecule has 2 aromatic carbocycles. The van der Waals surface area contributed by atoms with Crippen molar-refractivity contribution < 1.29 is 19.1 Å². The molecule has 4 rings (SSSR count). The van der Waals surface area contributed by atoms with Crippen molar-refractivity contribution in [1.29, 1.82) is 0 Å². The maximum Gasteiger partial charge on any atom is 0.252 e. The van der Waals surface area contributed by atoms with Gasteiger partial charge in [0.05, 0.1) is 7.11 Å². The van der Waals surface area contributed by atoms with E-state index in [2.05, 4.69) is 15.6 Å². The van der Waals surface area contributed by atoms with E-state index in [1.807, 2.05) is 36.4 Å². The van der Waals surface area contributed by atoms with E-state index in [0.717, 1.165) is 17.5 Å². The molecular weight excluding hydrogens is 456 g/mol. The summed E-state index contributed by atoms with van der Waals surface area (Å²) in [5.41, 5.74) is 2.18. The normalized spacial score (nSPS) is 15.7. The molecule has 0 unspecified atom stereocenters. The molecule has 1 saturated heterocycles. The lowest BCUT2D eigenvalue weighted by atomic mass is 10.0. The third-order valence-electron chi connectivity index (χ3n) is 6.25. The van der Waals surface area contributed by atoms with E-state index in [0.29, 0.717) is 30.8 Å². The molecule has 36 heavy (non-hydrogen) atoms. The molecule has 1 aliphatic heterocycles. The van der Waals surface area contributed by atoms with Gasteiger partial charge in [-0.2, -0.15) is 0 Å². The van der Waals surface area contributed by atoms with Gasteiger partial charge in [0.2, 0.25) is 11.8 Å². The molecule has 1 aliphatic rings. The number of nitrogens with one attached hydrogen (secondary N) is 2. The number of amides is 3. The molecule has 8 heteroatoms. The minimum atomic E-state index is -0.851. The second-order valence-corrected chi connectivity index (χ2v) is 8.72. The zero-order valence-corrected chi connectivity index (χ0v) is 20.2. The topological polar surface area (TPSA) is 101 Å². The average molecular weight is 487 g/mol. The van der Waals surface area contributed by atoms with Gasteiger partial charge in [0.25, 0.3) is 5.91 Å². The predicted octanol–water partition coefficient (Wildman–Crippen LogP) is 2.74. The van der Waals surface area contributed by atoms with Gasteiger partial charge in [-0.15, -0.1) is 0 Å². The highest BCUT2D eigenvalue weighted by Gasteiger charge is 2.37. The third kappa shape index (κ3) is 6.27. The number of likely N-dealkylation sites (tertiary alicyclic amines) is 1. The van der Waals surface area contributed by atoms with Crippen LogP contribution in [0.5, 0.6) is 5.75 Å². The van der Waals surface area contributed by atoms with Crippen LogP contribution in [0.25, 0.3) is 0 Å². The lowest BCUT2D eigenvalue weighted by Crippen LogP contribution is -2.54. The molecule has 3 amide bonds. The van der Waals surface area contributed by atoms with Gasteiger partial charge < -0.3 is 20.3 Å². The van der Waals surface area contributed by atoms with E-state index in [1.165, 1.54) is 7.11 Å². The van der Waals surface area contributed by atoms with Crippen LogP contribution in [-0.2, 0) is 22.6 Å². The van der Waals surface area contributed by atoms with E-state index >= 15 is 0 Å². The molecular formula is C28H30N4O4. The molecule has 2 N–H and O–H groups in total. The zero-order valence-electron chi connectivity index (χ0n) is 20.2. The number of benzene rings is 2. The van der Waals surface area contributed by atoms with E-state index in [-0.39, 0.29) is 24.1 Å². The molecule has 8 nitrogen and oxygen atoms in total. The van der Waals surface area contributed by atoms with Gasteiger partial charge in [0.1, 0.15) is 17.8 Å². The van der Waals surface area contributed by atoms with Gasteiger partial charge in [-0.1, -0.05) is 42.5 Å². The lowest BCUT2D eigenvalue weighted by Gasteiger charge is -2.29. The number of nitrogens with zero attached hydrogens (tertiary/aromatic N) is 2. The van der Waals surface area contributed by atoms with Crippen LogP contribution in [-0.4, -0.2) is 53.3 Å². The Labute approximate surface area is 210 Å². The highest BCUT2D eigenvalue weighted by Crippen LogP contribution is 2.20. The summed E-state index contributed by atoms with van der Waals surface area (Å²) < 4.78 is 5.22. The highest BCUT2D eigenvalue weighted by molar-refractivity contribution is 5.98. The van der Waals surface area contributed by atoms with Gasteiger partial charge in [-0.3, -0.25) is 19.4 Å². The average Bonchev–Trinajstić information content (AvgIpc) is 3.42. The maximum atomic E-state index is 13.7. The molecule has 1 fully saturated rings. The molecule has 0 saturated carbocycles. The fourth-order valence-electron chi connectivity index (χ4n) is 4.37. The summed E-state index contributed by atoms with van der Waals surface area (Å²) in [4.78, 5) is 45.5. The van der Waals surface area contributed by atoms with Gasteiger partial charge in [0.15, 0.2) is 0 Å². The summed E-state index contributed by atoms with van der Waals surface area (Å²) in [6.45, 7) is 0.852. The van der Waals surface area contributed by atoms with Crippen LogP contribution in [0.2, 0.25) is 0 Å². The Hall–Kier alpha value is -4.20. The van der Waals surface area contributed by atoms with Crippen molar-refractivity contribution >= 4 is 17.7 Å². The van der Waals surface area contributed by atoms with Crippen molar-refractivity contribution in [1.82, 2.24) is 20.5 Å². The molecule has 0 aliphatic carbocycles. The number of ether oxygens (including phenoxy) is 1. The van der Waals surface area contributed by atoms with Crippen molar-refractivity contribution in [3.05, 3.63) is 95.8 Å². The van der Waals surface area contributed by atoms with Crippen LogP contribution in [0.1, 0.15) is 34.3 Å².